The fourth-order valence-corrected chi connectivity index (χ4v) is 8.87. The van der Waals surface area contributed by atoms with Gasteiger partial charge in [0, 0.05) is 19.3 Å². The standard InChI is InChI=1S/C68H118O6/c1-4-7-10-13-16-19-22-25-28-31-33-34-36-37-40-43-46-49-52-55-58-61-67(70)73-64-65(63-72-66(69)60-57-54-51-48-45-42-39-30-27-24-21-18-15-12-9-6-3)74-68(71)62-59-56-53-50-47-44-41-38-35-32-29-26-23-20-17-14-11-8-5-2/h7,10,16,19,21,24-26,28-30,33-34,39,65H,4-6,8-9,11-15,17-18,20,22-23,27,31-32,35-38,40-64H2,1-3H3/b10-7-,19-16-,24-21-,28-25-,29-26-,34-33-,39-30-. The minimum absolute atomic E-state index is 0.0853. The fraction of sp³-hybridized carbons (Fsp3) is 0.750. The molecular formula is C68H118O6. The fourth-order valence-electron chi connectivity index (χ4n) is 8.87. The van der Waals surface area contributed by atoms with Gasteiger partial charge in [0.2, 0.25) is 0 Å². The summed E-state index contributed by atoms with van der Waals surface area (Å²) in [5, 5.41) is 0. The highest BCUT2D eigenvalue weighted by Crippen LogP contribution is 2.16. The van der Waals surface area contributed by atoms with E-state index < -0.39 is 6.10 Å². The largest absolute Gasteiger partial charge is 0.462 e. The van der Waals surface area contributed by atoms with Crippen molar-refractivity contribution in [1.82, 2.24) is 0 Å². The Kier molecular flexibility index (Phi) is 59.3. The van der Waals surface area contributed by atoms with Crippen LogP contribution in [0.5, 0.6) is 0 Å². The summed E-state index contributed by atoms with van der Waals surface area (Å²) in [4.78, 5) is 38.3. The van der Waals surface area contributed by atoms with Gasteiger partial charge in [0.1, 0.15) is 13.2 Å². The molecule has 1 atom stereocenters. The summed E-state index contributed by atoms with van der Waals surface area (Å²) in [6, 6.07) is 0. The number of ether oxygens (including phenoxy) is 3. The van der Waals surface area contributed by atoms with E-state index in [1.165, 1.54) is 161 Å². The number of rotatable bonds is 57. The SMILES string of the molecule is CC/C=C\C/C=C\C/C=C\C/C=C\CCCCCCCCCCC(=O)OCC(COC(=O)CCCCCCC/C=C\C/C=C\CCCCCC)OC(=O)CCCCCCCCCCC/C=C\CCCCCCCC. The maximum absolute atomic E-state index is 12.9. The molecule has 0 rings (SSSR count). The van der Waals surface area contributed by atoms with Crippen LogP contribution in [-0.2, 0) is 28.6 Å². The summed E-state index contributed by atoms with van der Waals surface area (Å²) in [6.45, 7) is 6.52. The predicted molar refractivity (Wildman–Crippen MR) is 321 cm³/mol. The number of carbonyl (C=O) groups is 3. The van der Waals surface area contributed by atoms with Gasteiger partial charge < -0.3 is 14.2 Å². The quantitative estimate of drug-likeness (QED) is 0.0261. The molecule has 0 heterocycles. The van der Waals surface area contributed by atoms with Gasteiger partial charge in [0.25, 0.3) is 0 Å². The monoisotopic (exact) mass is 1030 g/mol. The van der Waals surface area contributed by atoms with E-state index in [1.54, 1.807) is 0 Å². The van der Waals surface area contributed by atoms with Crippen molar-refractivity contribution < 1.29 is 28.6 Å². The molecule has 0 saturated carbocycles. The molecule has 0 radical (unpaired) electrons. The number of hydrogen-bond donors (Lipinski definition) is 0. The van der Waals surface area contributed by atoms with E-state index in [-0.39, 0.29) is 31.1 Å². The van der Waals surface area contributed by atoms with Crippen LogP contribution in [0.15, 0.2) is 85.1 Å². The lowest BCUT2D eigenvalue weighted by molar-refractivity contribution is -0.167. The molecule has 74 heavy (non-hydrogen) atoms. The lowest BCUT2D eigenvalue weighted by atomic mass is 10.1. The normalized spacial score (nSPS) is 12.6. The van der Waals surface area contributed by atoms with E-state index in [2.05, 4.69) is 106 Å². The van der Waals surface area contributed by atoms with E-state index in [0.717, 1.165) is 109 Å². The highest BCUT2D eigenvalue weighted by atomic mass is 16.6. The van der Waals surface area contributed by atoms with Gasteiger partial charge in [-0.25, -0.2) is 0 Å². The van der Waals surface area contributed by atoms with E-state index in [0.29, 0.717) is 19.3 Å². The molecule has 0 aliphatic heterocycles. The summed E-state index contributed by atoms with van der Waals surface area (Å²) in [5.74, 6) is -0.897. The minimum Gasteiger partial charge on any atom is -0.462 e. The van der Waals surface area contributed by atoms with Gasteiger partial charge in [0.05, 0.1) is 0 Å². The van der Waals surface area contributed by atoms with Crippen molar-refractivity contribution in [3.8, 4) is 0 Å². The Balaban J connectivity index is 4.40. The summed E-state index contributed by atoms with van der Waals surface area (Å²) >= 11 is 0. The first-order chi connectivity index (χ1) is 36.5. The minimum atomic E-state index is -0.788. The van der Waals surface area contributed by atoms with E-state index in [1.807, 2.05) is 0 Å². The summed E-state index contributed by atoms with van der Waals surface area (Å²) < 4.78 is 16.9. The Morgan fingerprint density at radius 1 is 0.284 bits per heavy atom. The van der Waals surface area contributed by atoms with E-state index in [9.17, 15) is 14.4 Å². The lowest BCUT2D eigenvalue weighted by Crippen LogP contribution is -2.30. The Bertz CT molecular complexity index is 1420. The Labute approximate surface area is 458 Å². The average molecular weight is 1030 g/mol. The smallest absolute Gasteiger partial charge is 0.306 e. The molecule has 0 saturated heterocycles. The molecule has 0 aromatic heterocycles. The van der Waals surface area contributed by atoms with Crippen molar-refractivity contribution in [3.05, 3.63) is 85.1 Å². The predicted octanol–water partition coefficient (Wildman–Crippen LogP) is 21.5. The Hall–Kier alpha value is -3.41. The first kappa shape index (κ1) is 70.6. The highest BCUT2D eigenvalue weighted by molar-refractivity contribution is 5.71. The second kappa shape index (κ2) is 62.1. The van der Waals surface area contributed by atoms with Crippen molar-refractivity contribution >= 4 is 17.9 Å². The molecule has 0 bridgehead atoms. The van der Waals surface area contributed by atoms with Crippen LogP contribution in [0.3, 0.4) is 0 Å². The molecule has 0 aromatic rings. The third kappa shape index (κ3) is 59.5. The van der Waals surface area contributed by atoms with Gasteiger partial charge in [-0.05, 0) is 116 Å². The summed E-state index contributed by atoms with van der Waals surface area (Å²) in [5.41, 5.74) is 0. The summed E-state index contributed by atoms with van der Waals surface area (Å²) in [6.07, 6.45) is 81.5. The van der Waals surface area contributed by atoms with Gasteiger partial charge in [0.15, 0.2) is 6.10 Å². The van der Waals surface area contributed by atoms with Crippen LogP contribution < -0.4 is 0 Å². The van der Waals surface area contributed by atoms with Crippen molar-refractivity contribution in [2.24, 2.45) is 0 Å². The third-order valence-corrected chi connectivity index (χ3v) is 13.6. The molecule has 6 heteroatoms. The van der Waals surface area contributed by atoms with Crippen LogP contribution in [0.25, 0.3) is 0 Å². The van der Waals surface area contributed by atoms with Crippen molar-refractivity contribution in [3.63, 3.8) is 0 Å². The number of unbranched alkanes of at least 4 members (excludes halogenated alkanes) is 32. The molecule has 6 nitrogen and oxygen atoms in total. The van der Waals surface area contributed by atoms with Crippen molar-refractivity contribution in [2.45, 2.75) is 316 Å². The van der Waals surface area contributed by atoms with Crippen LogP contribution in [0.2, 0.25) is 0 Å². The van der Waals surface area contributed by atoms with E-state index >= 15 is 0 Å². The molecule has 0 spiro atoms. The van der Waals surface area contributed by atoms with Crippen LogP contribution in [0.4, 0.5) is 0 Å². The molecule has 0 fully saturated rings. The second-order valence-corrected chi connectivity index (χ2v) is 20.9. The molecule has 1 unspecified atom stereocenters. The van der Waals surface area contributed by atoms with Gasteiger partial charge in [-0.3, -0.25) is 14.4 Å². The average Bonchev–Trinajstić information content (AvgIpc) is 3.40. The van der Waals surface area contributed by atoms with Crippen LogP contribution >= 0.6 is 0 Å². The van der Waals surface area contributed by atoms with Crippen LogP contribution in [0.1, 0.15) is 310 Å². The first-order valence-electron chi connectivity index (χ1n) is 31.6. The van der Waals surface area contributed by atoms with Gasteiger partial charge in [-0.1, -0.05) is 260 Å². The molecular weight excluding hydrogens is 913 g/mol. The van der Waals surface area contributed by atoms with Gasteiger partial charge in [-0.2, -0.15) is 0 Å². The zero-order chi connectivity index (χ0) is 53.6. The topological polar surface area (TPSA) is 78.9 Å². The molecule has 0 aliphatic carbocycles. The van der Waals surface area contributed by atoms with Gasteiger partial charge in [-0.15, -0.1) is 0 Å². The third-order valence-electron chi connectivity index (χ3n) is 13.6. The Morgan fingerprint density at radius 2 is 0.527 bits per heavy atom. The molecule has 0 amide bonds. The molecule has 0 aromatic carbocycles. The number of esters is 3. The number of hydrogen-bond acceptors (Lipinski definition) is 6. The molecule has 0 aliphatic rings. The highest BCUT2D eigenvalue weighted by Gasteiger charge is 2.19. The zero-order valence-electron chi connectivity index (χ0n) is 48.8. The number of carbonyl (C=O) groups excluding carboxylic acids is 3. The number of allylic oxidation sites excluding steroid dienone is 14. The maximum Gasteiger partial charge on any atom is 0.306 e. The van der Waals surface area contributed by atoms with Crippen molar-refractivity contribution in [1.29, 1.82) is 0 Å². The van der Waals surface area contributed by atoms with Crippen LogP contribution in [0, 0.1) is 0 Å². The van der Waals surface area contributed by atoms with E-state index in [4.69, 9.17) is 14.2 Å². The van der Waals surface area contributed by atoms with Crippen molar-refractivity contribution in [2.75, 3.05) is 13.2 Å². The lowest BCUT2D eigenvalue weighted by Gasteiger charge is -2.18. The first-order valence-corrected chi connectivity index (χ1v) is 31.6. The second-order valence-electron chi connectivity index (χ2n) is 20.9. The van der Waals surface area contributed by atoms with Crippen LogP contribution in [-0.4, -0.2) is 37.2 Å². The van der Waals surface area contributed by atoms with Gasteiger partial charge >= 0.3 is 17.9 Å². The summed E-state index contributed by atoms with van der Waals surface area (Å²) in [7, 11) is 0. The molecule has 0 N–H and O–H groups in total. The zero-order valence-corrected chi connectivity index (χ0v) is 48.8. The maximum atomic E-state index is 12.9. The molecule has 426 valence electrons. The Morgan fingerprint density at radius 3 is 0.851 bits per heavy atom.